The number of alkyl halides is 17. The molecular weight excluding hydrogens is 643 g/mol. The summed E-state index contributed by atoms with van der Waals surface area (Å²) in [5.74, 6) is -48.1. The number of hydrogen-bond donors (Lipinski definition) is 0. The maximum Gasteiger partial charge on any atom is 0.460 e. The highest BCUT2D eigenvalue weighted by atomic mass is 32.2. The van der Waals surface area contributed by atoms with Crippen molar-refractivity contribution in [3.8, 4) is 0 Å². The molecule has 0 bridgehead atoms. The minimum Gasteiger partial charge on any atom is -0.743 e. The van der Waals surface area contributed by atoms with Crippen molar-refractivity contribution in [3.63, 3.8) is 0 Å². The van der Waals surface area contributed by atoms with Gasteiger partial charge in [-0.2, -0.15) is 74.6 Å². The first kappa shape index (κ1) is 37.7. The second kappa shape index (κ2) is 11.2. The molecule has 4 nitrogen and oxygen atoms in total. The van der Waals surface area contributed by atoms with Crippen LogP contribution in [0.4, 0.5) is 74.6 Å². The van der Waals surface area contributed by atoms with Crippen LogP contribution in [0, 0.1) is 0 Å². The predicted molar refractivity (Wildman–Crippen MR) is 96.9 cm³/mol. The predicted octanol–water partition coefficient (Wildman–Crippen LogP) is 5.88. The highest BCUT2D eigenvalue weighted by molar-refractivity contribution is 7.97. The molecule has 0 unspecified atom stereocenters. The molecule has 0 N–H and O–H groups in total. The zero-order chi connectivity index (χ0) is 31.9. The number of ketones is 1. The average molecular weight is 658 g/mol. The Balaban J connectivity index is 0.00000120. The van der Waals surface area contributed by atoms with Crippen LogP contribution in [0.15, 0.2) is 0 Å². The zero-order valence-corrected chi connectivity index (χ0v) is 20.3. The molecule has 1 saturated heterocycles. The summed E-state index contributed by atoms with van der Waals surface area (Å²) in [4.78, 5) is 11.0. The number of carbonyl (C=O) groups excluding carboxylic acids is 1. The van der Waals surface area contributed by atoms with Gasteiger partial charge in [-0.1, -0.05) is 6.92 Å². The van der Waals surface area contributed by atoms with Crippen molar-refractivity contribution >= 4 is 26.8 Å². The van der Waals surface area contributed by atoms with E-state index in [1.165, 1.54) is 24.3 Å². The SMILES string of the molecule is CCC(=O)C[S+]1CCCC1.O=S(=O)([O-])C(F)(F)C(F)(F)C(F)(F)C(F)(F)C(F)(F)C(F)(F)C(F)(F)C(F)(F)F. The Morgan fingerprint density at radius 2 is 0.949 bits per heavy atom. The minimum atomic E-state index is -8.92. The van der Waals surface area contributed by atoms with Crippen LogP contribution >= 0.6 is 0 Å². The van der Waals surface area contributed by atoms with Crippen molar-refractivity contribution < 1.29 is 92.4 Å². The Bertz CT molecular complexity index is 970. The molecule has 0 aromatic rings. The summed E-state index contributed by atoms with van der Waals surface area (Å²) in [5.41, 5.74) is 0. The van der Waals surface area contributed by atoms with Gasteiger partial charge in [0.1, 0.15) is 11.5 Å². The highest BCUT2D eigenvalue weighted by Crippen LogP contribution is 2.64. The van der Waals surface area contributed by atoms with Crippen molar-refractivity contribution in [2.24, 2.45) is 0 Å². The van der Waals surface area contributed by atoms with Crippen LogP contribution in [-0.4, -0.2) is 83.0 Å². The van der Waals surface area contributed by atoms with Crippen molar-refractivity contribution in [2.75, 3.05) is 17.3 Å². The van der Waals surface area contributed by atoms with E-state index in [1.807, 2.05) is 6.92 Å². The summed E-state index contributed by atoms with van der Waals surface area (Å²) in [6.07, 6.45) is -4.43. The average Bonchev–Trinajstić information content (AvgIpc) is 3.24. The minimum absolute atomic E-state index is 0.463. The van der Waals surface area contributed by atoms with Gasteiger partial charge in [0.25, 0.3) is 0 Å². The van der Waals surface area contributed by atoms with E-state index in [2.05, 4.69) is 0 Å². The maximum absolute atomic E-state index is 13.0. The molecule has 0 aromatic carbocycles. The van der Waals surface area contributed by atoms with Gasteiger partial charge in [0.2, 0.25) is 0 Å². The second-order valence-corrected chi connectivity index (χ2v) is 11.4. The van der Waals surface area contributed by atoms with Gasteiger partial charge < -0.3 is 4.55 Å². The first-order valence-electron chi connectivity index (χ1n) is 9.65. The van der Waals surface area contributed by atoms with Gasteiger partial charge in [0.05, 0.1) is 0 Å². The number of rotatable bonds is 10. The third-order valence-electron chi connectivity index (χ3n) is 4.88. The Labute approximate surface area is 210 Å². The largest absolute Gasteiger partial charge is 0.743 e. The Morgan fingerprint density at radius 1 is 0.641 bits per heavy atom. The van der Waals surface area contributed by atoms with Crippen LogP contribution in [-0.2, 0) is 25.8 Å². The molecule has 1 aliphatic rings. The number of Topliss-reactive ketones (excluding diaryl/α,β-unsaturated/α-hetero) is 1. The standard InChI is InChI=1S/C8HF17O3S.C8H15OS/c9-1(10,3(13,14)5(17,18)7(21,22)23)2(11,12)4(15,16)6(19,20)8(24,25)29(26,27)28;1-2-8(9)7-10-5-3-4-6-10/h(H,26,27,28);2-7H2,1H3/q;+1/p-1. The van der Waals surface area contributed by atoms with Crippen LogP contribution in [0.1, 0.15) is 26.2 Å². The van der Waals surface area contributed by atoms with Crippen LogP contribution < -0.4 is 0 Å². The van der Waals surface area contributed by atoms with Gasteiger partial charge in [0.15, 0.2) is 21.7 Å². The third kappa shape index (κ3) is 6.32. The van der Waals surface area contributed by atoms with E-state index >= 15 is 0 Å². The summed E-state index contributed by atoms with van der Waals surface area (Å²) in [7, 11) is -7.65. The molecule has 0 atom stereocenters. The second-order valence-electron chi connectivity index (χ2n) is 7.68. The van der Waals surface area contributed by atoms with Gasteiger partial charge in [-0.3, -0.25) is 4.79 Å². The fraction of sp³-hybridized carbons (Fsp3) is 0.938. The van der Waals surface area contributed by atoms with Gasteiger partial charge in [-0.05, 0) is 23.7 Å². The Hall–Kier alpha value is -1.26. The van der Waals surface area contributed by atoms with Crippen molar-refractivity contribution in [2.45, 2.75) is 73.2 Å². The Kier molecular flexibility index (Phi) is 10.8. The summed E-state index contributed by atoms with van der Waals surface area (Å²) >= 11 is 0. The molecule has 23 heteroatoms. The topological polar surface area (TPSA) is 74.3 Å². The fourth-order valence-corrected chi connectivity index (χ4v) is 5.31. The molecule has 0 saturated carbocycles. The molecule has 1 fully saturated rings. The van der Waals surface area contributed by atoms with E-state index in [0.29, 0.717) is 16.7 Å². The molecule has 0 aromatic heterocycles. The summed E-state index contributed by atoms with van der Waals surface area (Å²) in [5, 5.41) is -7.95. The smallest absolute Gasteiger partial charge is 0.460 e. The van der Waals surface area contributed by atoms with Gasteiger partial charge in [-0.25, -0.2) is 8.42 Å². The maximum atomic E-state index is 13.0. The normalized spacial score (nSPS) is 17.6. The number of carbonyl (C=O) groups is 1. The van der Waals surface area contributed by atoms with Crippen LogP contribution in [0.5, 0.6) is 0 Å². The quantitative estimate of drug-likeness (QED) is 0.167. The van der Waals surface area contributed by atoms with Crippen molar-refractivity contribution in [1.29, 1.82) is 0 Å². The lowest BCUT2D eigenvalue weighted by Gasteiger charge is -2.42. The molecular formula is C16H15F17O4S2. The molecule has 0 amide bonds. The van der Waals surface area contributed by atoms with Gasteiger partial charge in [-0.15, -0.1) is 0 Å². The molecule has 0 aliphatic carbocycles. The van der Waals surface area contributed by atoms with Crippen LogP contribution in [0.2, 0.25) is 0 Å². The van der Waals surface area contributed by atoms with Crippen molar-refractivity contribution in [1.82, 2.24) is 0 Å². The first-order valence-corrected chi connectivity index (χ1v) is 12.8. The lowest BCUT2D eigenvalue weighted by molar-refractivity contribution is -0.458. The van der Waals surface area contributed by atoms with Gasteiger partial charge in [0, 0.05) is 6.42 Å². The summed E-state index contributed by atoms with van der Waals surface area (Å²) in [6.45, 7) is 1.96. The van der Waals surface area contributed by atoms with Crippen LogP contribution in [0.3, 0.4) is 0 Å². The fourth-order valence-electron chi connectivity index (χ4n) is 2.49. The van der Waals surface area contributed by atoms with E-state index in [0.717, 1.165) is 12.2 Å². The van der Waals surface area contributed by atoms with E-state index < -0.39 is 57.1 Å². The number of hydrogen-bond acceptors (Lipinski definition) is 4. The molecule has 1 aliphatic heterocycles. The highest BCUT2D eigenvalue weighted by Gasteiger charge is 2.95. The van der Waals surface area contributed by atoms with Crippen LogP contribution in [0.25, 0.3) is 0 Å². The Morgan fingerprint density at radius 3 is 1.23 bits per heavy atom. The monoisotopic (exact) mass is 658 g/mol. The van der Waals surface area contributed by atoms with Crippen molar-refractivity contribution in [3.05, 3.63) is 0 Å². The summed E-state index contributed by atoms with van der Waals surface area (Å²) < 4.78 is 244. The molecule has 1 rings (SSSR count). The molecule has 0 radical (unpaired) electrons. The third-order valence-corrected chi connectivity index (χ3v) is 8.23. The molecule has 234 valence electrons. The lowest BCUT2D eigenvalue weighted by atomic mass is 9.91. The van der Waals surface area contributed by atoms with Gasteiger partial charge >= 0.3 is 47.0 Å². The van der Waals surface area contributed by atoms with E-state index in [9.17, 15) is 92.4 Å². The molecule has 1 heterocycles. The molecule has 0 spiro atoms. The van der Waals surface area contributed by atoms with E-state index in [-0.39, 0.29) is 0 Å². The molecule has 39 heavy (non-hydrogen) atoms. The zero-order valence-electron chi connectivity index (χ0n) is 18.6. The van der Waals surface area contributed by atoms with E-state index in [1.54, 1.807) is 0 Å². The first-order chi connectivity index (χ1) is 16.8. The van der Waals surface area contributed by atoms with E-state index in [4.69, 9.17) is 0 Å². The summed E-state index contributed by atoms with van der Waals surface area (Å²) in [6, 6.07) is 0. The lowest BCUT2D eigenvalue weighted by Crippen LogP contribution is -2.75. The number of halogens is 17.